The molecule has 0 spiro atoms. The SMILES string of the molecule is Clc1ccccc1-c1noc(-c2cc3n(n2)C[C@H](c2ccccc2)OC3)n1. The van der Waals surface area contributed by atoms with Gasteiger partial charge in [-0.1, -0.05) is 59.2 Å². The number of halogens is 1. The van der Waals surface area contributed by atoms with E-state index in [2.05, 4.69) is 27.4 Å². The van der Waals surface area contributed by atoms with Crippen LogP contribution in [0.4, 0.5) is 0 Å². The van der Waals surface area contributed by atoms with Gasteiger partial charge in [-0.05, 0) is 23.8 Å². The van der Waals surface area contributed by atoms with E-state index >= 15 is 0 Å². The van der Waals surface area contributed by atoms with Crippen molar-refractivity contribution in [1.82, 2.24) is 19.9 Å². The van der Waals surface area contributed by atoms with Crippen molar-refractivity contribution in [1.29, 1.82) is 0 Å². The summed E-state index contributed by atoms with van der Waals surface area (Å²) in [5.74, 6) is 0.808. The summed E-state index contributed by atoms with van der Waals surface area (Å²) in [6.07, 6.45) is -0.0205. The molecule has 0 unspecified atom stereocenters. The molecule has 1 aliphatic rings. The van der Waals surface area contributed by atoms with Gasteiger partial charge in [0.15, 0.2) is 5.69 Å². The molecule has 0 saturated carbocycles. The second-order valence-corrected chi connectivity index (χ2v) is 6.72. The van der Waals surface area contributed by atoms with E-state index in [0.717, 1.165) is 16.8 Å². The molecule has 134 valence electrons. The van der Waals surface area contributed by atoms with Gasteiger partial charge in [-0.25, -0.2) is 0 Å². The lowest BCUT2D eigenvalue weighted by atomic mass is 10.1. The van der Waals surface area contributed by atoms with Gasteiger partial charge in [0, 0.05) is 5.56 Å². The summed E-state index contributed by atoms with van der Waals surface area (Å²) in [6, 6.07) is 19.5. The highest BCUT2D eigenvalue weighted by atomic mass is 35.5. The van der Waals surface area contributed by atoms with Gasteiger partial charge in [0.25, 0.3) is 5.89 Å². The Morgan fingerprint density at radius 3 is 2.70 bits per heavy atom. The Kier molecular flexibility index (Phi) is 3.99. The monoisotopic (exact) mass is 378 g/mol. The third kappa shape index (κ3) is 3.03. The zero-order valence-electron chi connectivity index (χ0n) is 14.2. The number of rotatable bonds is 3. The second-order valence-electron chi connectivity index (χ2n) is 6.32. The minimum atomic E-state index is -0.0205. The van der Waals surface area contributed by atoms with Gasteiger partial charge >= 0.3 is 0 Å². The van der Waals surface area contributed by atoms with Crippen LogP contribution in [0.15, 0.2) is 65.2 Å². The van der Waals surface area contributed by atoms with Crippen molar-refractivity contribution in [3.63, 3.8) is 0 Å². The summed E-state index contributed by atoms with van der Waals surface area (Å²) in [7, 11) is 0. The lowest BCUT2D eigenvalue weighted by molar-refractivity contribution is -0.00113. The molecule has 2 aromatic carbocycles. The van der Waals surface area contributed by atoms with Gasteiger partial charge in [-0.3, -0.25) is 4.68 Å². The first-order valence-corrected chi connectivity index (χ1v) is 8.98. The van der Waals surface area contributed by atoms with E-state index < -0.39 is 0 Å². The van der Waals surface area contributed by atoms with Gasteiger partial charge in [0.05, 0.1) is 23.9 Å². The standard InChI is InChI=1S/C20H15ClN4O2/c21-16-9-5-4-8-15(16)19-22-20(27-24-19)17-10-14-12-26-18(11-25(14)23-17)13-6-2-1-3-7-13/h1-10,18H,11-12H2/t18-/m1/s1. The summed E-state index contributed by atoms with van der Waals surface area (Å²) >= 11 is 6.21. The van der Waals surface area contributed by atoms with E-state index in [4.69, 9.17) is 20.9 Å². The van der Waals surface area contributed by atoms with Crippen molar-refractivity contribution < 1.29 is 9.26 Å². The van der Waals surface area contributed by atoms with Crippen molar-refractivity contribution in [3.8, 4) is 23.0 Å². The molecule has 1 aliphatic heterocycles. The number of aromatic nitrogens is 4. The van der Waals surface area contributed by atoms with Crippen LogP contribution in [-0.4, -0.2) is 19.9 Å². The quantitative estimate of drug-likeness (QED) is 0.524. The van der Waals surface area contributed by atoms with E-state index in [0.29, 0.717) is 35.6 Å². The van der Waals surface area contributed by atoms with Crippen LogP contribution in [0.25, 0.3) is 23.0 Å². The average Bonchev–Trinajstić information content (AvgIpc) is 3.35. The molecule has 7 heteroatoms. The zero-order valence-corrected chi connectivity index (χ0v) is 15.0. The maximum atomic E-state index is 6.21. The van der Waals surface area contributed by atoms with E-state index in [1.807, 2.05) is 47.1 Å². The highest BCUT2D eigenvalue weighted by Crippen LogP contribution is 2.30. The molecule has 1 atom stereocenters. The minimum absolute atomic E-state index is 0.0205. The molecular formula is C20H15ClN4O2. The second kappa shape index (κ2) is 6.64. The third-order valence-corrected chi connectivity index (χ3v) is 4.90. The van der Waals surface area contributed by atoms with Crippen molar-refractivity contribution in [3.05, 3.63) is 76.9 Å². The van der Waals surface area contributed by atoms with E-state index in [9.17, 15) is 0 Å². The maximum Gasteiger partial charge on any atom is 0.278 e. The molecule has 0 bridgehead atoms. The number of hydrogen-bond acceptors (Lipinski definition) is 5. The van der Waals surface area contributed by atoms with Crippen LogP contribution in [0, 0.1) is 0 Å². The molecule has 2 aromatic heterocycles. The first-order chi connectivity index (χ1) is 13.3. The summed E-state index contributed by atoms with van der Waals surface area (Å²) in [5.41, 5.74) is 3.48. The van der Waals surface area contributed by atoms with Crippen LogP contribution < -0.4 is 0 Å². The molecule has 5 rings (SSSR count). The fourth-order valence-corrected chi connectivity index (χ4v) is 3.40. The number of ether oxygens (including phenoxy) is 1. The molecule has 0 radical (unpaired) electrons. The summed E-state index contributed by atoms with van der Waals surface area (Å²) in [5, 5.41) is 9.25. The Labute approximate surface area is 160 Å². The molecule has 0 amide bonds. The third-order valence-electron chi connectivity index (χ3n) is 4.57. The molecule has 0 N–H and O–H groups in total. The number of hydrogen-bond donors (Lipinski definition) is 0. The van der Waals surface area contributed by atoms with Crippen LogP contribution in [-0.2, 0) is 17.9 Å². The van der Waals surface area contributed by atoms with Crippen molar-refractivity contribution >= 4 is 11.6 Å². The van der Waals surface area contributed by atoms with Gasteiger partial charge < -0.3 is 9.26 Å². The normalized spacial score (nSPS) is 16.3. The van der Waals surface area contributed by atoms with Crippen molar-refractivity contribution in [2.45, 2.75) is 19.3 Å². The Morgan fingerprint density at radius 1 is 1.04 bits per heavy atom. The number of benzene rings is 2. The predicted octanol–water partition coefficient (Wildman–Crippen LogP) is 4.53. The van der Waals surface area contributed by atoms with Crippen LogP contribution in [0.3, 0.4) is 0 Å². The minimum Gasteiger partial charge on any atom is -0.365 e. The van der Waals surface area contributed by atoms with E-state index in [1.165, 1.54) is 0 Å². The lowest BCUT2D eigenvalue weighted by Gasteiger charge is -2.24. The lowest BCUT2D eigenvalue weighted by Crippen LogP contribution is -2.21. The van der Waals surface area contributed by atoms with Gasteiger partial charge in [0.2, 0.25) is 5.82 Å². The van der Waals surface area contributed by atoms with Crippen molar-refractivity contribution in [2.24, 2.45) is 0 Å². The van der Waals surface area contributed by atoms with Gasteiger partial charge in [0.1, 0.15) is 6.10 Å². The van der Waals surface area contributed by atoms with Crippen LogP contribution in [0.5, 0.6) is 0 Å². The van der Waals surface area contributed by atoms with Crippen LogP contribution in [0.2, 0.25) is 5.02 Å². The molecule has 0 saturated heterocycles. The highest BCUT2D eigenvalue weighted by molar-refractivity contribution is 6.33. The van der Waals surface area contributed by atoms with Gasteiger partial charge in [-0.15, -0.1) is 0 Å². The molecule has 4 aromatic rings. The number of nitrogens with zero attached hydrogens (tertiary/aromatic N) is 4. The molecule has 6 nitrogen and oxygen atoms in total. The molecular weight excluding hydrogens is 364 g/mol. The fourth-order valence-electron chi connectivity index (χ4n) is 3.18. The largest absolute Gasteiger partial charge is 0.365 e. The summed E-state index contributed by atoms with van der Waals surface area (Å²) < 4.78 is 13.3. The van der Waals surface area contributed by atoms with Gasteiger partial charge in [-0.2, -0.15) is 10.1 Å². The molecule has 3 heterocycles. The van der Waals surface area contributed by atoms with E-state index in [1.54, 1.807) is 6.07 Å². The Balaban J connectivity index is 1.43. The molecule has 0 aliphatic carbocycles. The topological polar surface area (TPSA) is 66.0 Å². The Bertz CT molecular complexity index is 1090. The first-order valence-electron chi connectivity index (χ1n) is 8.60. The van der Waals surface area contributed by atoms with E-state index in [-0.39, 0.29) is 6.10 Å². The fraction of sp³-hybridized carbons (Fsp3) is 0.150. The zero-order chi connectivity index (χ0) is 18.2. The summed E-state index contributed by atoms with van der Waals surface area (Å²) in [6.45, 7) is 1.13. The predicted molar refractivity (Wildman–Crippen MR) is 99.9 cm³/mol. The average molecular weight is 379 g/mol. The van der Waals surface area contributed by atoms with Crippen molar-refractivity contribution in [2.75, 3.05) is 0 Å². The Hall–Kier alpha value is -2.96. The highest BCUT2D eigenvalue weighted by Gasteiger charge is 2.24. The Morgan fingerprint density at radius 2 is 1.85 bits per heavy atom. The van der Waals surface area contributed by atoms with Crippen LogP contribution >= 0.6 is 11.6 Å². The molecule has 0 fully saturated rings. The first kappa shape index (κ1) is 16.2. The maximum absolute atomic E-state index is 6.21. The van der Waals surface area contributed by atoms with Crippen LogP contribution in [0.1, 0.15) is 17.4 Å². The number of fused-ring (bicyclic) bond motifs is 1. The molecule has 27 heavy (non-hydrogen) atoms. The summed E-state index contributed by atoms with van der Waals surface area (Å²) in [4.78, 5) is 4.45. The smallest absolute Gasteiger partial charge is 0.278 e.